The third-order valence-electron chi connectivity index (χ3n) is 5.10. The number of hydrogen-bond acceptors (Lipinski definition) is 2. The normalized spacial score (nSPS) is 19.2. The molecule has 1 aliphatic rings. The molecule has 130 valence electrons. The van der Waals surface area contributed by atoms with Gasteiger partial charge < -0.3 is 11.1 Å². The zero-order chi connectivity index (χ0) is 17.8. The molecule has 3 N–H and O–H groups in total. The summed E-state index contributed by atoms with van der Waals surface area (Å²) < 4.78 is 0. The zero-order valence-corrected chi connectivity index (χ0v) is 14.8. The van der Waals surface area contributed by atoms with Crippen LogP contribution >= 0.6 is 0 Å². The molecule has 0 aromatic heterocycles. The number of anilines is 1. The van der Waals surface area contributed by atoms with Gasteiger partial charge >= 0.3 is 0 Å². The SMILES string of the molecule is N/C(=C\Nc1ccc([C@@H]2C[C@@H]2Cc2ccccc2)cc1)c1ccccc1. The molecule has 2 heteroatoms. The molecule has 0 saturated heterocycles. The first-order valence-electron chi connectivity index (χ1n) is 9.21. The van der Waals surface area contributed by atoms with Crippen molar-refractivity contribution in [2.75, 3.05) is 5.32 Å². The molecule has 1 fully saturated rings. The maximum absolute atomic E-state index is 6.12. The van der Waals surface area contributed by atoms with Crippen LogP contribution in [0, 0.1) is 5.92 Å². The van der Waals surface area contributed by atoms with Crippen LogP contribution in [0.2, 0.25) is 0 Å². The van der Waals surface area contributed by atoms with Crippen molar-refractivity contribution in [3.8, 4) is 0 Å². The number of hydrogen-bond donors (Lipinski definition) is 2. The Kier molecular flexibility index (Phi) is 4.74. The average molecular weight is 340 g/mol. The second-order valence-corrected chi connectivity index (χ2v) is 7.02. The Labute approximate surface area is 155 Å². The Morgan fingerprint density at radius 2 is 1.54 bits per heavy atom. The molecule has 0 unspecified atom stereocenters. The van der Waals surface area contributed by atoms with Gasteiger partial charge in [-0.25, -0.2) is 0 Å². The third-order valence-corrected chi connectivity index (χ3v) is 5.10. The smallest absolute Gasteiger partial charge is 0.0550 e. The van der Waals surface area contributed by atoms with Gasteiger partial charge in [0.1, 0.15) is 0 Å². The number of benzene rings is 3. The molecule has 2 atom stereocenters. The molecule has 26 heavy (non-hydrogen) atoms. The summed E-state index contributed by atoms with van der Waals surface area (Å²) in [5.41, 5.74) is 11.8. The van der Waals surface area contributed by atoms with Gasteiger partial charge in [-0.3, -0.25) is 0 Å². The monoisotopic (exact) mass is 340 g/mol. The van der Waals surface area contributed by atoms with Gasteiger partial charge in [-0.15, -0.1) is 0 Å². The van der Waals surface area contributed by atoms with E-state index in [4.69, 9.17) is 5.73 Å². The van der Waals surface area contributed by atoms with Crippen LogP contribution in [0.1, 0.15) is 29.0 Å². The van der Waals surface area contributed by atoms with Crippen molar-refractivity contribution in [1.29, 1.82) is 0 Å². The highest BCUT2D eigenvalue weighted by Gasteiger charge is 2.37. The second kappa shape index (κ2) is 7.49. The topological polar surface area (TPSA) is 38.0 Å². The van der Waals surface area contributed by atoms with Crippen LogP contribution in [0.4, 0.5) is 5.69 Å². The van der Waals surface area contributed by atoms with Gasteiger partial charge in [-0.05, 0) is 53.5 Å². The molecule has 0 bridgehead atoms. The van der Waals surface area contributed by atoms with Crippen LogP contribution in [-0.4, -0.2) is 0 Å². The summed E-state index contributed by atoms with van der Waals surface area (Å²) in [7, 11) is 0. The third kappa shape index (κ3) is 3.97. The fourth-order valence-electron chi connectivity index (χ4n) is 3.50. The largest absolute Gasteiger partial charge is 0.397 e. The predicted molar refractivity (Wildman–Crippen MR) is 110 cm³/mol. The molecule has 1 aliphatic carbocycles. The minimum Gasteiger partial charge on any atom is -0.397 e. The van der Waals surface area contributed by atoms with Crippen molar-refractivity contribution in [3.05, 3.63) is 108 Å². The highest BCUT2D eigenvalue weighted by Crippen LogP contribution is 2.49. The van der Waals surface area contributed by atoms with Gasteiger partial charge in [-0.1, -0.05) is 72.8 Å². The van der Waals surface area contributed by atoms with Gasteiger partial charge in [-0.2, -0.15) is 0 Å². The Bertz CT molecular complexity index is 867. The molecule has 2 nitrogen and oxygen atoms in total. The maximum atomic E-state index is 6.12. The van der Waals surface area contributed by atoms with Crippen molar-refractivity contribution in [3.63, 3.8) is 0 Å². The fraction of sp³-hybridized carbons (Fsp3) is 0.167. The highest BCUT2D eigenvalue weighted by molar-refractivity contribution is 5.65. The summed E-state index contributed by atoms with van der Waals surface area (Å²) in [5, 5.41) is 3.29. The minimum atomic E-state index is 0.703. The summed E-state index contributed by atoms with van der Waals surface area (Å²) in [6.45, 7) is 0. The molecule has 4 rings (SSSR count). The van der Waals surface area contributed by atoms with E-state index < -0.39 is 0 Å². The molecule has 3 aromatic carbocycles. The lowest BCUT2D eigenvalue weighted by atomic mass is 10.0. The van der Waals surface area contributed by atoms with E-state index >= 15 is 0 Å². The first-order valence-corrected chi connectivity index (χ1v) is 9.21. The molecule has 0 aliphatic heterocycles. The van der Waals surface area contributed by atoms with Crippen molar-refractivity contribution in [2.24, 2.45) is 11.7 Å². The summed E-state index contributed by atoms with van der Waals surface area (Å²) in [4.78, 5) is 0. The molecule has 0 radical (unpaired) electrons. The first-order chi connectivity index (χ1) is 12.8. The van der Waals surface area contributed by atoms with Crippen molar-refractivity contribution >= 4 is 11.4 Å². The first kappa shape index (κ1) is 16.5. The maximum Gasteiger partial charge on any atom is 0.0550 e. The van der Waals surface area contributed by atoms with Crippen LogP contribution in [0.15, 0.2) is 91.1 Å². The van der Waals surface area contributed by atoms with Gasteiger partial charge in [0.05, 0.1) is 5.70 Å². The lowest BCUT2D eigenvalue weighted by Crippen LogP contribution is -2.00. The second-order valence-electron chi connectivity index (χ2n) is 7.02. The summed E-state index contributed by atoms with van der Waals surface area (Å²) in [6, 6.07) is 29.6. The Morgan fingerprint density at radius 3 is 2.23 bits per heavy atom. The van der Waals surface area contributed by atoms with Crippen LogP contribution in [0.5, 0.6) is 0 Å². The Morgan fingerprint density at radius 1 is 0.885 bits per heavy atom. The Balaban J connectivity index is 1.34. The van der Waals surface area contributed by atoms with E-state index in [1.807, 2.05) is 36.5 Å². The van der Waals surface area contributed by atoms with E-state index in [1.54, 1.807) is 0 Å². The lowest BCUT2D eigenvalue weighted by Gasteiger charge is -2.06. The van der Waals surface area contributed by atoms with E-state index in [0.29, 0.717) is 5.92 Å². The van der Waals surface area contributed by atoms with E-state index in [1.165, 1.54) is 24.0 Å². The molecule has 3 aromatic rings. The van der Waals surface area contributed by atoms with E-state index in [9.17, 15) is 0 Å². The molecule has 0 spiro atoms. The van der Waals surface area contributed by atoms with Crippen LogP contribution in [-0.2, 0) is 6.42 Å². The average Bonchev–Trinajstić information content (AvgIpc) is 3.47. The predicted octanol–water partition coefficient (Wildman–Crippen LogP) is 5.40. The molecule has 0 amide bonds. The van der Waals surface area contributed by atoms with E-state index in [2.05, 4.69) is 59.9 Å². The summed E-state index contributed by atoms with van der Waals surface area (Å²) in [5.74, 6) is 1.49. The zero-order valence-electron chi connectivity index (χ0n) is 14.8. The van der Waals surface area contributed by atoms with Crippen LogP contribution in [0.3, 0.4) is 0 Å². The molecule has 1 saturated carbocycles. The van der Waals surface area contributed by atoms with Crippen LogP contribution in [0.25, 0.3) is 5.70 Å². The van der Waals surface area contributed by atoms with Crippen molar-refractivity contribution in [1.82, 2.24) is 0 Å². The quantitative estimate of drug-likeness (QED) is 0.630. The standard InChI is InChI=1S/C24H24N2/c25-24(20-9-5-2-6-10-20)17-26-22-13-11-19(12-14-22)23-16-21(23)15-18-7-3-1-4-8-18/h1-14,17,21,23,26H,15-16,25H2/b24-17-/t21-,23-/m0/s1. The van der Waals surface area contributed by atoms with Gasteiger partial charge in [0.15, 0.2) is 0 Å². The lowest BCUT2D eigenvalue weighted by molar-refractivity contribution is 0.795. The van der Waals surface area contributed by atoms with Crippen molar-refractivity contribution < 1.29 is 0 Å². The number of rotatable bonds is 6. The van der Waals surface area contributed by atoms with E-state index in [0.717, 1.165) is 22.9 Å². The summed E-state index contributed by atoms with van der Waals surface area (Å²) in [6.07, 6.45) is 4.34. The minimum absolute atomic E-state index is 0.703. The van der Waals surface area contributed by atoms with Crippen molar-refractivity contribution in [2.45, 2.75) is 18.8 Å². The molecule has 0 heterocycles. The van der Waals surface area contributed by atoms with Gasteiger partial charge in [0.2, 0.25) is 0 Å². The van der Waals surface area contributed by atoms with Crippen LogP contribution < -0.4 is 11.1 Å². The van der Waals surface area contributed by atoms with Gasteiger partial charge in [0, 0.05) is 11.9 Å². The molecular weight excluding hydrogens is 316 g/mol. The van der Waals surface area contributed by atoms with Gasteiger partial charge in [0.25, 0.3) is 0 Å². The van der Waals surface area contributed by atoms with E-state index in [-0.39, 0.29) is 0 Å². The Hall–Kier alpha value is -3.00. The fourth-order valence-corrected chi connectivity index (χ4v) is 3.50. The summed E-state index contributed by atoms with van der Waals surface area (Å²) >= 11 is 0. The highest BCUT2D eigenvalue weighted by atomic mass is 14.9. The molecular formula is C24H24N2. The number of nitrogens with one attached hydrogen (secondary N) is 1. The number of nitrogens with two attached hydrogens (primary N) is 1.